The van der Waals surface area contributed by atoms with Gasteiger partial charge in [-0.1, -0.05) is 18.2 Å². The van der Waals surface area contributed by atoms with Crippen molar-refractivity contribution in [3.05, 3.63) is 83.4 Å². The number of halogens is 1. The molecule has 2 heterocycles. The maximum Gasteiger partial charge on any atom is 0.256 e. The lowest BCUT2D eigenvalue weighted by Gasteiger charge is -2.24. The molecule has 1 aliphatic rings. The van der Waals surface area contributed by atoms with E-state index in [2.05, 4.69) is 15.6 Å². The van der Waals surface area contributed by atoms with Crippen molar-refractivity contribution < 1.29 is 9.18 Å². The van der Waals surface area contributed by atoms with Gasteiger partial charge in [-0.3, -0.25) is 9.78 Å². The van der Waals surface area contributed by atoms with Crippen LogP contribution in [0.15, 0.2) is 60.8 Å². The smallest absolute Gasteiger partial charge is 0.256 e. The third-order valence-electron chi connectivity index (χ3n) is 5.10. The molecular weight excluding hydrogens is 365 g/mol. The van der Waals surface area contributed by atoms with Crippen LogP contribution < -0.4 is 10.6 Å². The van der Waals surface area contributed by atoms with Crippen LogP contribution in [0.2, 0.25) is 0 Å². The summed E-state index contributed by atoms with van der Waals surface area (Å²) < 4.78 is 14.0. The zero-order valence-electron chi connectivity index (χ0n) is 16.6. The number of nitrogens with one attached hydrogen (secondary N) is 2. The fourth-order valence-electron chi connectivity index (χ4n) is 3.55. The van der Waals surface area contributed by atoms with Crippen molar-refractivity contribution in [3.8, 4) is 11.1 Å². The highest BCUT2D eigenvalue weighted by molar-refractivity contribution is 6.27. The quantitative estimate of drug-likeness (QED) is 0.638. The number of aromatic nitrogens is 1. The lowest BCUT2D eigenvalue weighted by Crippen LogP contribution is -2.23. The van der Waals surface area contributed by atoms with Crippen molar-refractivity contribution in [1.82, 2.24) is 4.98 Å². The number of nitrogens with zero attached hydrogens (tertiary/aromatic N) is 1. The van der Waals surface area contributed by atoms with Gasteiger partial charge in [0, 0.05) is 28.6 Å². The molecule has 5 heteroatoms. The molecule has 29 heavy (non-hydrogen) atoms. The van der Waals surface area contributed by atoms with Crippen molar-refractivity contribution in [2.24, 2.45) is 0 Å². The van der Waals surface area contributed by atoms with E-state index in [9.17, 15) is 9.18 Å². The number of amides is 1. The topological polar surface area (TPSA) is 54.0 Å². The van der Waals surface area contributed by atoms with Crippen molar-refractivity contribution in [3.63, 3.8) is 0 Å². The Morgan fingerprint density at radius 2 is 1.93 bits per heavy atom. The number of aryl methyl sites for hydroxylation is 1. The van der Waals surface area contributed by atoms with E-state index in [1.807, 2.05) is 56.3 Å². The molecule has 146 valence electrons. The number of carbonyl (C=O) groups excluding carboxylic acids is 1. The number of carbonyl (C=O) groups is 1. The Balaban J connectivity index is 1.72. The van der Waals surface area contributed by atoms with E-state index in [0.717, 1.165) is 28.1 Å². The average molecular weight is 387 g/mol. The summed E-state index contributed by atoms with van der Waals surface area (Å²) in [4.78, 5) is 17.3. The molecule has 0 aliphatic carbocycles. The Kier molecular flexibility index (Phi) is 4.89. The maximum atomic E-state index is 14.0. The molecule has 0 saturated heterocycles. The Labute approximate surface area is 169 Å². The molecule has 1 atom stereocenters. The van der Waals surface area contributed by atoms with Crippen molar-refractivity contribution in [1.29, 1.82) is 0 Å². The van der Waals surface area contributed by atoms with Crippen LogP contribution in [0.1, 0.15) is 23.7 Å². The molecule has 0 saturated carbocycles. The average Bonchev–Trinajstić information content (AvgIpc) is 2.71. The Bertz CT molecular complexity index is 1120. The predicted molar refractivity (Wildman–Crippen MR) is 115 cm³/mol. The van der Waals surface area contributed by atoms with Crippen LogP contribution in [0.3, 0.4) is 0 Å². The van der Waals surface area contributed by atoms with Gasteiger partial charge in [-0.2, -0.15) is 0 Å². The highest BCUT2D eigenvalue weighted by Crippen LogP contribution is 2.35. The Hall–Kier alpha value is -3.47. The largest absolute Gasteiger partial charge is 0.379 e. The maximum absolute atomic E-state index is 14.0. The summed E-state index contributed by atoms with van der Waals surface area (Å²) in [5.41, 5.74) is 6.06. The van der Waals surface area contributed by atoms with Gasteiger partial charge >= 0.3 is 0 Å². The normalized spacial score (nSPS) is 15.2. The van der Waals surface area contributed by atoms with Crippen LogP contribution in [-0.4, -0.2) is 16.9 Å². The van der Waals surface area contributed by atoms with E-state index in [4.69, 9.17) is 0 Å². The lowest BCUT2D eigenvalue weighted by atomic mass is 9.91. The molecule has 0 spiro atoms. The molecule has 0 bridgehead atoms. The van der Waals surface area contributed by atoms with Crippen LogP contribution in [-0.2, 0) is 4.79 Å². The second kappa shape index (κ2) is 7.51. The SMILES string of the molecule is Cc1ccc(NC(=O)C2=CC(C)Nc3ccc(-c4cccc(F)c4C)cc32)cn1. The first kappa shape index (κ1) is 18.9. The first-order valence-electron chi connectivity index (χ1n) is 9.54. The van der Waals surface area contributed by atoms with Gasteiger partial charge in [0.25, 0.3) is 5.91 Å². The highest BCUT2D eigenvalue weighted by atomic mass is 19.1. The van der Waals surface area contributed by atoms with Gasteiger partial charge < -0.3 is 10.6 Å². The van der Waals surface area contributed by atoms with E-state index in [0.29, 0.717) is 16.8 Å². The van der Waals surface area contributed by atoms with Crippen LogP contribution in [0.4, 0.5) is 15.8 Å². The first-order valence-corrected chi connectivity index (χ1v) is 9.54. The zero-order chi connectivity index (χ0) is 20.5. The first-order chi connectivity index (χ1) is 13.9. The van der Waals surface area contributed by atoms with Gasteiger partial charge in [-0.05, 0) is 73.9 Å². The third-order valence-corrected chi connectivity index (χ3v) is 5.10. The van der Waals surface area contributed by atoms with Crippen molar-refractivity contribution >= 4 is 22.9 Å². The summed E-state index contributed by atoms with van der Waals surface area (Å²) in [6.07, 6.45) is 3.55. The van der Waals surface area contributed by atoms with Crippen LogP contribution in [0.25, 0.3) is 16.7 Å². The summed E-state index contributed by atoms with van der Waals surface area (Å²) in [5, 5.41) is 6.30. The van der Waals surface area contributed by atoms with E-state index in [1.165, 1.54) is 6.07 Å². The minimum atomic E-state index is -0.243. The molecule has 1 unspecified atom stereocenters. The number of benzene rings is 2. The molecule has 4 rings (SSSR count). The lowest BCUT2D eigenvalue weighted by molar-refractivity contribution is -0.111. The molecule has 0 radical (unpaired) electrons. The van der Waals surface area contributed by atoms with Crippen molar-refractivity contribution in [2.75, 3.05) is 10.6 Å². The van der Waals surface area contributed by atoms with Gasteiger partial charge in [0.2, 0.25) is 0 Å². The molecule has 4 nitrogen and oxygen atoms in total. The molecule has 3 aromatic rings. The minimum Gasteiger partial charge on any atom is -0.379 e. The van der Waals surface area contributed by atoms with Crippen molar-refractivity contribution in [2.45, 2.75) is 26.8 Å². The summed E-state index contributed by atoms with van der Waals surface area (Å²) in [6, 6.07) is 14.6. The fourth-order valence-corrected chi connectivity index (χ4v) is 3.55. The molecule has 2 N–H and O–H groups in total. The Morgan fingerprint density at radius 1 is 1.10 bits per heavy atom. The van der Waals surface area contributed by atoms with Gasteiger partial charge in [-0.25, -0.2) is 4.39 Å². The predicted octanol–water partition coefficient (Wildman–Crippen LogP) is 5.34. The molecular formula is C24H22FN3O. The molecule has 1 aliphatic heterocycles. The second-order valence-corrected chi connectivity index (χ2v) is 7.33. The van der Waals surface area contributed by atoms with Crippen LogP contribution >= 0.6 is 0 Å². The standard InChI is InChI=1S/C24H22FN3O/c1-14-7-9-18(13-26-14)28-24(29)21-11-15(2)27-23-10-8-17(12-20(21)23)19-5-4-6-22(25)16(19)3/h4-13,15,27H,1-3H3,(H,28,29). The molecule has 1 aromatic heterocycles. The van der Waals surface area contributed by atoms with Crippen LogP contribution in [0, 0.1) is 19.7 Å². The van der Waals surface area contributed by atoms with Gasteiger partial charge in [-0.15, -0.1) is 0 Å². The summed E-state index contributed by atoms with van der Waals surface area (Å²) in [5.74, 6) is -0.439. The summed E-state index contributed by atoms with van der Waals surface area (Å²) >= 11 is 0. The second-order valence-electron chi connectivity index (χ2n) is 7.33. The summed E-state index contributed by atoms with van der Waals surface area (Å²) in [7, 11) is 0. The van der Waals surface area contributed by atoms with Gasteiger partial charge in [0.05, 0.1) is 11.9 Å². The molecule has 2 aromatic carbocycles. The van der Waals surface area contributed by atoms with Crippen LogP contribution in [0.5, 0.6) is 0 Å². The Morgan fingerprint density at radius 3 is 2.69 bits per heavy atom. The zero-order valence-corrected chi connectivity index (χ0v) is 16.6. The number of fused-ring (bicyclic) bond motifs is 1. The third kappa shape index (κ3) is 3.76. The number of rotatable bonds is 3. The number of hydrogen-bond acceptors (Lipinski definition) is 3. The monoisotopic (exact) mass is 387 g/mol. The van der Waals surface area contributed by atoms with E-state index < -0.39 is 0 Å². The number of hydrogen-bond donors (Lipinski definition) is 2. The van der Waals surface area contributed by atoms with Gasteiger partial charge in [0.15, 0.2) is 0 Å². The number of pyridine rings is 1. The minimum absolute atomic E-state index is 0.0150. The number of anilines is 2. The molecule has 1 amide bonds. The van der Waals surface area contributed by atoms with Gasteiger partial charge in [0.1, 0.15) is 5.82 Å². The highest BCUT2D eigenvalue weighted by Gasteiger charge is 2.23. The van der Waals surface area contributed by atoms with E-state index in [1.54, 1.807) is 19.2 Å². The fraction of sp³-hybridized carbons (Fsp3) is 0.167. The summed E-state index contributed by atoms with van der Waals surface area (Å²) in [6.45, 7) is 5.65. The van der Waals surface area contributed by atoms with E-state index in [-0.39, 0.29) is 17.8 Å². The molecule has 0 fully saturated rings. The van der Waals surface area contributed by atoms with E-state index >= 15 is 0 Å².